The fourth-order valence-corrected chi connectivity index (χ4v) is 2.94. The Morgan fingerprint density at radius 3 is 2.56 bits per heavy atom. The fourth-order valence-electron chi connectivity index (χ4n) is 2.85. The second-order valence-electron chi connectivity index (χ2n) is 6.99. The van der Waals surface area contributed by atoms with Crippen LogP contribution in [0.4, 0.5) is 4.39 Å². The van der Waals surface area contributed by atoms with Crippen molar-refractivity contribution < 1.29 is 24.0 Å². The van der Waals surface area contributed by atoms with Crippen LogP contribution in [0.3, 0.4) is 0 Å². The highest BCUT2D eigenvalue weighted by Gasteiger charge is 2.24. The van der Waals surface area contributed by atoms with E-state index in [0.717, 1.165) is 23.8 Å². The highest BCUT2D eigenvalue weighted by molar-refractivity contribution is 6.58. The summed E-state index contributed by atoms with van der Waals surface area (Å²) in [6.45, 7) is 0.557. The SMILES string of the molecule is NC(CCl)=NCCC[C@H](NC(=O)c1cc(B(O)O)ccc1F)C(=O)NCc1ccccc1. The van der Waals surface area contributed by atoms with Gasteiger partial charge in [0.25, 0.3) is 5.91 Å². The molecule has 0 saturated carbocycles. The van der Waals surface area contributed by atoms with Gasteiger partial charge in [0.15, 0.2) is 0 Å². The molecule has 2 aromatic carbocycles. The Morgan fingerprint density at radius 2 is 1.91 bits per heavy atom. The number of nitrogens with one attached hydrogen (secondary N) is 2. The molecule has 0 radical (unpaired) electrons. The van der Waals surface area contributed by atoms with Crippen molar-refractivity contribution in [2.45, 2.75) is 25.4 Å². The summed E-state index contributed by atoms with van der Waals surface area (Å²) in [6, 6.07) is 11.4. The van der Waals surface area contributed by atoms with E-state index >= 15 is 0 Å². The van der Waals surface area contributed by atoms with Gasteiger partial charge < -0.3 is 26.4 Å². The van der Waals surface area contributed by atoms with E-state index in [4.69, 9.17) is 17.3 Å². The molecule has 0 spiro atoms. The van der Waals surface area contributed by atoms with Crippen LogP contribution in [0.5, 0.6) is 0 Å². The molecule has 1 atom stereocenters. The van der Waals surface area contributed by atoms with Gasteiger partial charge in [-0.15, -0.1) is 11.6 Å². The van der Waals surface area contributed by atoms with Crippen LogP contribution in [0.25, 0.3) is 0 Å². The molecule has 8 nitrogen and oxygen atoms in total. The molecular weight excluding hydrogens is 438 g/mol. The third kappa shape index (κ3) is 7.95. The van der Waals surface area contributed by atoms with E-state index in [2.05, 4.69) is 15.6 Å². The lowest BCUT2D eigenvalue weighted by Gasteiger charge is -2.19. The van der Waals surface area contributed by atoms with E-state index in [9.17, 15) is 24.0 Å². The zero-order valence-corrected chi connectivity index (χ0v) is 18.1. The number of rotatable bonds is 11. The maximum atomic E-state index is 14.2. The highest BCUT2D eigenvalue weighted by Crippen LogP contribution is 2.08. The molecule has 2 amide bonds. The summed E-state index contributed by atoms with van der Waals surface area (Å²) in [5.41, 5.74) is 5.99. The van der Waals surface area contributed by atoms with E-state index < -0.39 is 36.4 Å². The Labute approximate surface area is 190 Å². The summed E-state index contributed by atoms with van der Waals surface area (Å²) >= 11 is 5.58. The third-order valence-electron chi connectivity index (χ3n) is 4.57. The molecule has 2 rings (SSSR count). The number of hydrogen-bond acceptors (Lipinski definition) is 5. The van der Waals surface area contributed by atoms with Crippen LogP contribution >= 0.6 is 11.6 Å². The van der Waals surface area contributed by atoms with Crippen molar-refractivity contribution in [1.29, 1.82) is 0 Å². The molecule has 0 heterocycles. The predicted octanol–water partition coefficient (Wildman–Crippen LogP) is 0.297. The molecule has 0 fully saturated rings. The first kappa shape index (κ1) is 25.3. The van der Waals surface area contributed by atoms with E-state index in [1.807, 2.05) is 30.3 Å². The molecule has 2 aromatic rings. The first-order chi connectivity index (χ1) is 15.3. The monoisotopic (exact) mass is 462 g/mol. The Bertz CT molecular complexity index is 947. The summed E-state index contributed by atoms with van der Waals surface area (Å²) < 4.78 is 14.2. The summed E-state index contributed by atoms with van der Waals surface area (Å²) in [4.78, 5) is 29.5. The van der Waals surface area contributed by atoms with Crippen LogP contribution in [-0.4, -0.2) is 53.3 Å². The van der Waals surface area contributed by atoms with Crippen molar-refractivity contribution in [3.8, 4) is 0 Å². The molecule has 0 bridgehead atoms. The number of aliphatic imine (C=N–C) groups is 1. The Balaban J connectivity index is 2.11. The molecule has 0 saturated heterocycles. The summed E-state index contributed by atoms with van der Waals surface area (Å²) in [5.74, 6) is -1.80. The van der Waals surface area contributed by atoms with Gasteiger partial charge in [-0.3, -0.25) is 14.6 Å². The molecule has 0 aromatic heterocycles. The van der Waals surface area contributed by atoms with Crippen LogP contribution in [0.2, 0.25) is 0 Å². The summed E-state index contributed by atoms with van der Waals surface area (Å²) in [6.07, 6.45) is 0.633. The standard InChI is InChI=1S/C21H25BClFN4O4/c23-12-19(25)26-10-4-7-18(21(30)27-13-14-5-2-1-3-6-14)28-20(29)16-11-15(22(31)32)8-9-17(16)24/h1-3,5-6,8-9,11,18,31-32H,4,7,10,12-13H2,(H2,25,26)(H,27,30)(H,28,29)/t18-/m0/s1. The average molecular weight is 463 g/mol. The van der Waals surface area contributed by atoms with Crippen LogP contribution in [-0.2, 0) is 11.3 Å². The molecule has 0 aliphatic rings. The second-order valence-corrected chi connectivity index (χ2v) is 7.26. The smallest absolute Gasteiger partial charge is 0.423 e. The predicted molar refractivity (Wildman–Crippen MR) is 122 cm³/mol. The number of carbonyl (C=O) groups excluding carboxylic acids is 2. The molecule has 11 heteroatoms. The van der Waals surface area contributed by atoms with Gasteiger partial charge in [-0.1, -0.05) is 36.4 Å². The van der Waals surface area contributed by atoms with Gasteiger partial charge in [0.1, 0.15) is 17.7 Å². The molecule has 0 aliphatic heterocycles. The van der Waals surface area contributed by atoms with Crippen molar-refractivity contribution >= 4 is 41.8 Å². The fraction of sp³-hybridized carbons (Fsp3) is 0.286. The van der Waals surface area contributed by atoms with Crippen LogP contribution in [0, 0.1) is 5.82 Å². The molecule has 0 aliphatic carbocycles. The second kappa shape index (κ2) is 12.8. The third-order valence-corrected chi connectivity index (χ3v) is 4.84. The van der Waals surface area contributed by atoms with Gasteiger partial charge in [0, 0.05) is 13.1 Å². The van der Waals surface area contributed by atoms with Crippen LogP contribution < -0.4 is 21.8 Å². The van der Waals surface area contributed by atoms with Crippen LogP contribution in [0.15, 0.2) is 53.5 Å². The van der Waals surface area contributed by atoms with Gasteiger partial charge >= 0.3 is 7.12 Å². The summed E-state index contributed by atoms with van der Waals surface area (Å²) in [7, 11) is -1.86. The number of nitrogens with zero attached hydrogens (tertiary/aromatic N) is 1. The summed E-state index contributed by atoms with van der Waals surface area (Å²) in [5, 5.41) is 23.8. The number of hydrogen-bond donors (Lipinski definition) is 5. The average Bonchev–Trinajstić information content (AvgIpc) is 2.79. The van der Waals surface area contributed by atoms with E-state index in [0.29, 0.717) is 13.0 Å². The van der Waals surface area contributed by atoms with Gasteiger partial charge in [0.2, 0.25) is 5.91 Å². The van der Waals surface area contributed by atoms with E-state index in [-0.39, 0.29) is 30.1 Å². The molecule has 6 N–H and O–H groups in total. The zero-order valence-electron chi connectivity index (χ0n) is 17.3. The van der Waals surface area contributed by atoms with Gasteiger partial charge in [-0.05, 0) is 36.0 Å². The molecule has 0 unspecified atom stereocenters. The minimum Gasteiger partial charge on any atom is -0.423 e. The number of amidine groups is 1. The van der Waals surface area contributed by atoms with Crippen molar-refractivity contribution in [3.63, 3.8) is 0 Å². The highest BCUT2D eigenvalue weighted by atomic mass is 35.5. The Hall–Kier alpha value is -2.95. The Morgan fingerprint density at radius 1 is 1.19 bits per heavy atom. The first-order valence-corrected chi connectivity index (χ1v) is 10.5. The number of amides is 2. The van der Waals surface area contributed by atoms with Crippen molar-refractivity contribution in [2.75, 3.05) is 12.4 Å². The number of nitrogens with two attached hydrogens (primary N) is 1. The Kier molecular flexibility index (Phi) is 10.1. The normalized spacial score (nSPS) is 12.2. The maximum absolute atomic E-state index is 14.2. The largest absolute Gasteiger partial charge is 0.488 e. The van der Waals surface area contributed by atoms with E-state index in [1.165, 1.54) is 0 Å². The lowest BCUT2D eigenvalue weighted by Crippen LogP contribution is -2.47. The van der Waals surface area contributed by atoms with Gasteiger partial charge in [-0.25, -0.2) is 4.39 Å². The molecular formula is C21H25BClFN4O4. The lowest BCUT2D eigenvalue weighted by molar-refractivity contribution is -0.123. The molecule has 170 valence electrons. The maximum Gasteiger partial charge on any atom is 0.488 e. The molecule has 32 heavy (non-hydrogen) atoms. The van der Waals surface area contributed by atoms with Crippen molar-refractivity contribution in [1.82, 2.24) is 10.6 Å². The first-order valence-electron chi connectivity index (χ1n) is 9.94. The van der Waals surface area contributed by atoms with Gasteiger partial charge in [-0.2, -0.15) is 0 Å². The zero-order chi connectivity index (χ0) is 23.5. The quantitative estimate of drug-likeness (QED) is 0.107. The van der Waals surface area contributed by atoms with Crippen molar-refractivity contribution in [3.05, 3.63) is 65.5 Å². The number of alkyl halides is 1. The lowest BCUT2D eigenvalue weighted by atomic mass is 9.79. The minimum atomic E-state index is -1.86. The van der Waals surface area contributed by atoms with Crippen LogP contribution in [0.1, 0.15) is 28.8 Å². The number of benzene rings is 2. The topological polar surface area (TPSA) is 137 Å². The number of carbonyl (C=O) groups is 2. The van der Waals surface area contributed by atoms with E-state index in [1.54, 1.807) is 0 Å². The van der Waals surface area contributed by atoms with Crippen molar-refractivity contribution in [2.24, 2.45) is 10.7 Å². The minimum absolute atomic E-state index is 0.0486. The number of halogens is 2. The van der Waals surface area contributed by atoms with Gasteiger partial charge in [0.05, 0.1) is 11.4 Å².